The molecule has 0 fully saturated rings. The summed E-state index contributed by atoms with van der Waals surface area (Å²) in [6.07, 6.45) is 0. The molecule has 1 aromatic carbocycles. The van der Waals surface area contributed by atoms with E-state index in [0.717, 1.165) is 0 Å². The minimum Gasteiger partial charge on any atom is -0.495 e. The number of nitrogens with zero attached hydrogens (tertiary/aromatic N) is 1. The average Bonchev–Trinajstić information content (AvgIpc) is 2.44. The fraction of sp³-hybridized carbons (Fsp3) is 0.385. The summed E-state index contributed by atoms with van der Waals surface area (Å²) in [7, 11) is 3.03. The number of rotatable bonds is 5. The van der Waals surface area contributed by atoms with Crippen LogP contribution in [0.15, 0.2) is 16.6 Å². The maximum absolute atomic E-state index is 12.0. The Balaban J connectivity index is 2.94. The van der Waals surface area contributed by atoms with Crippen LogP contribution in [0.25, 0.3) is 0 Å². The number of nitriles is 1. The van der Waals surface area contributed by atoms with Crippen LogP contribution in [-0.2, 0) is 0 Å². The Bertz CT molecular complexity index is 486. The second kappa shape index (κ2) is 7.00. The number of benzene rings is 1. The van der Waals surface area contributed by atoms with E-state index in [9.17, 15) is 4.79 Å². The lowest BCUT2D eigenvalue weighted by Crippen LogP contribution is -2.27. The minimum absolute atomic E-state index is 0.233. The summed E-state index contributed by atoms with van der Waals surface area (Å²) in [6, 6.07) is 5.27. The van der Waals surface area contributed by atoms with Crippen molar-refractivity contribution in [2.75, 3.05) is 20.8 Å². The molecule has 6 heteroatoms. The molecule has 1 N–H and O–H groups in total. The van der Waals surface area contributed by atoms with E-state index in [0.29, 0.717) is 28.1 Å². The van der Waals surface area contributed by atoms with E-state index >= 15 is 0 Å². The number of carbonyl (C=O) groups is 1. The van der Waals surface area contributed by atoms with E-state index in [1.54, 1.807) is 19.1 Å². The van der Waals surface area contributed by atoms with Crippen molar-refractivity contribution in [3.63, 3.8) is 0 Å². The van der Waals surface area contributed by atoms with E-state index in [1.165, 1.54) is 14.2 Å². The first kappa shape index (κ1) is 15.3. The first-order valence-corrected chi connectivity index (χ1v) is 6.42. The third kappa shape index (κ3) is 3.86. The largest absolute Gasteiger partial charge is 0.495 e. The van der Waals surface area contributed by atoms with Gasteiger partial charge in [0.1, 0.15) is 16.0 Å². The Morgan fingerprint density at radius 3 is 2.37 bits per heavy atom. The van der Waals surface area contributed by atoms with Crippen molar-refractivity contribution < 1.29 is 14.3 Å². The van der Waals surface area contributed by atoms with Crippen molar-refractivity contribution in [3.8, 4) is 17.6 Å². The molecule has 0 aliphatic heterocycles. The second-order valence-electron chi connectivity index (χ2n) is 3.93. The molecule has 0 bridgehead atoms. The summed E-state index contributed by atoms with van der Waals surface area (Å²) in [6.45, 7) is 2.04. The van der Waals surface area contributed by atoms with Gasteiger partial charge in [-0.25, -0.2) is 0 Å². The number of ether oxygens (including phenoxy) is 2. The van der Waals surface area contributed by atoms with Gasteiger partial charge in [-0.15, -0.1) is 0 Å². The van der Waals surface area contributed by atoms with Gasteiger partial charge in [-0.2, -0.15) is 5.26 Å². The fourth-order valence-electron chi connectivity index (χ4n) is 1.39. The van der Waals surface area contributed by atoms with Gasteiger partial charge in [-0.1, -0.05) is 0 Å². The van der Waals surface area contributed by atoms with Gasteiger partial charge in [0.25, 0.3) is 5.91 Å². The van der Waals surface area contributed by atoms with Crippen molar-refractivity contribution in [2.24, 2.45) is 5.92 Å². The van der Waals surface area contributed by atoms with E-state index in [1.807, 2.05) is 0 Å². The van der Waals surface area contributed by atoms with Gasteiger partial charge < -0.3 is 14.8 Å². The molecule has 0 aliphatic carbocycles. The van der Waals surface area contributed by atoms with Gasteiger partial charge in [0.2, 0.25) is 0 Å². The summed E-state index contributed by atoms with van der Waals surface area (Å²) in [5, 5.41) is 11.4. The summed E-state index contributed by atoms with van der Waals surface area (Å²) in [4.78, 5) is 12.0. The third-order valence-corrected chi connectivity index (χ3v) is 3.28. The molecule has 5 nitrogen and oxygen atoms in total. The summed E-state index contributed by atoms with van der Waals surface area (Å²) < 4.78 is 11.0. The summed E-state index contributed by atoms with van der Waals surface area (Å²) in [5.41, 5.74) is 0.419. The van der Waals surface area contributed by atoms with Crippen LogP contribution >= 0.6 is 15.9 Å². The first-order valence-electron chi connectivity index (χ1n) is 5.62. The molecule has 0 heterocycles. The van der Waals surface area contributed by atoms with Gasteiger partial charge in [0, 0.05) is 12.1 Å². The molecule has 0 saturated carbocycles. The predicted molar refractivity (Wildman–Crippen MR) is 74.4 cm³/mol. The molecule has 0 aromatic heterocycles. The normalized spacial score (nSPS) is 11.3. The van der Waals surface area contributed by atoms with E-state index in [-0.39, 0.29) is 11.8 Å². The van der Waals surface area contributed by atoms with Gasteiger partial charge in [0.05, 0.1) is 26.2 Å². The number of hydrogen-bond donors (Lipinski definition) is 1. The van der Waals surface area contributed by atoms with Crippen LogP contribution in [0.5, 0.6) is 11.5 Å². The first-order chi connectivity index (χ1) is 9.03. The van der Waals surface area contributed by atoms with Crippen molar-refractivity contribution in [1.29, 1.82) is 5.26 Å². The van der Waals surface area contributed by atoms with Crippen LogP contribution < -0.4 is 14.8 Å². The maximum Gasteiger partial charge on any atom is 0.251 e. The Hall–Kier alpha value is -1.74. The Kier molecular flexibility index (Phi) is 5.64. The lowest BCUT2D eigenvalue weighted by molar-refractivity contribution is 0.0950. The lowest BCUT2D eigenvalue weighted by atomic mass is 10.1. The molecule has 1 amide bonds. The standard InChI is InChI=1S/C13H15BrN2O3/c1-8(6-15)7-16-13(17)9-4-10(18-2)12(14)11(5-9)19-3/h4-5,8H,7H2,1-3H3,(H,16,17). The van der Waals surface area contributed by atoms with Gasteiger partial charge in [0.15, 0.2) is 0 Å². The molecule has 1 unspecified atom stereocenters. The van der Waals surface area contributed by atoms with Crippen LogP contribution in [0.4, 0.5) is 0 Å². The van der Waals surface area contributed by atoms with Crippen LogP contribution in [-0.4, -0.2) is 26.7 Å². The molecule has 0 aliphatic rings. The van der Waals surface area contributed by atoms with Crippen LogP contribution in [0.1, 0.15) is 17.3 Å². The van der Waals surface area contributed by atoms with Crippen molar-refractivity contribution >= 4 is 21.8 Å². The third-order valence-electron chi connectivity index (χ3n) is 2.50. The van der Waals surface area contributed by atoms with Crippen molar-refractivity contribution in [1.82, 2.24) is 5.32 Å². The van der Waals surface area contributed by atoms with Crippen molar-refractivity contribution in [2.45, 2.75) is 6.92 Å². The second-order valence-corrected chi connectivity index (χ2v) is 4.73. The molecular weight excluding hydrogens is 312 g/mol. The fourth-order valence-corrected chi connectivity index (χ4v) is 1.95. The predicted octanol–water partition coefficient (Wildman–Crippen LogP) is 2.36. The lowest BCUT2D eigenvalue weighted by Gasteiger charge is -2.12. The molecule has 102 valence electrons. The molecule has 0 spiro atoms. The molecule has 1 aromatic rings. The zero-order valence-corrected chi connectivity index (χ0v) is 12.6. The van der Waals surface area contributed by atoms with Gasteiger partial charge >= 0.3 is 0 Å². The number of hydrogen-bond acceptors (Lipinski definition) is 4. The van der Waals surface area contributed by atoms with Crippen molar-refractivity contribution in [3.05, 3.63) is 22.2 Å². The van der Waals surface area contributed by atoms with Gasteiger partial charge in [-0.05, 0) is 35.0 Å². The zero-order chi connectivity index (χ0) is 14.4. The monoisotopic (exact) mass is 326 g/mol. The number of halogens is 1. The maximum atomic E-state index is 12.0. The molecular formula is C13H15BrN2O3. The van der Waals surface area contributed by atoms with Gasteiger partial charge in [-0.3, -0.25) is 4.79 Å². The van der Waals surface area contributed by atoms with Crippen LogP contribution in [0.2, 0.25) is 0 Å². The highest BCUT2D eigenvalue weighted by atomic mass is 79.9. The van der Waals surface area contributed by atoms with Crippen LogP contribution in [0.3, 0.4) is 0 Å². The minimum atomic E-state index is -0.272. The average molecular weight is 327 g/mol. The smallest absolute Gasteiger partial charge is 0.251 e. The highest BCUT2D eigenvalue weighted by molar-refractivity contribution is 9.10. The molecule has 19 heavy (non-hydrogen) atoms. The number of methoxy groups -OCH3 is 2. The summed E-state index contributed by atoms with van der Waals surface area (Å²) in [5.74, 6) is 0.519. The van der Waals surface area contributed by atoms with E-state index in [4.69, 9.17) is 14.7 Å². The number of carbonyl (C=O) groups excluding carboxylic acids is 1. The SMILES string of the molecule is COc1cc(C(=O)NCC(C)C#N)cc(OC)c1Br. The quantitative estimate of drug-likeness (QED) is 0.901. The molecule has 1 rings (SSSR count). The number of nitrogens with one attached hydrogen (secondary N) is 1. The van der Waals surface area contributed by atoms with E-state index < -0.39 is 0 Å². The molecule has 0 saturated heterocycles. The Morgan fingerprint density at radius 1 is 1.42 bits per heavy atom. The highest BCUT2D eigenvalue weighted by Gasteiger charge is 2.14. The Morgan fingerprint density at radius 2 is 1.95 bits per heavy atom. The van der Waals surface area contributed by atoms with Crippen LogP contribution in [0, 0.1) is 17.2 Å². The summed E-state index contributed by atoms with van der Waals surface area (Å²) >= 11 is 3.33. The highest BCUT2D eigenvalue weighted by Crippen LogP contribution is 2.35. The molecule has 0 radical (unpaired) electrons. The van der Waals surface area contributed by atoms with E-state index in [2.05, 4.69) is 27.3 Å². The molecule has 1 atom stereocenters. The number of amides is 1. The topological polar surface area (TPSA) is 71.3 Å². The zero-order valence-electron chi connectivity index (χ0n) is 11.0. The Labute approximate surface area is 120 Å².